The van der Waals surface area contributed by atoms with Gasteiger partial charge in [-0.2, -0.15) is 0 Å². The van der Waals surface area contributed by atoms with Gasteiger partial charge in [0.25, 0.3) is 0 Å². The molecular formula is C49H54N10O15. The first kappa shape index (κ1) is 55.1. The number of benzene rings is 3. The minimum atomic E-state index is -1.31. The van der Waals surface area contributed by atoms with Crippen LogP contribution in [0.5, 0.6) is 0 Å². The Morgan fingerprint density at radius 3 is 1.70 bits per heavy atom. The molecule has 74 heavy (non-hydrogen) atoms. The number of esters is 2. The summed E-state index contributed by atoms with van der Waals surface area (Å²) in [6.45, 7) is 3.13. The van der Waals surface area contributed by atoms with Crippen LogP contribution in [-0.2, 0) is 35.0 Å². The maximum absolute atomic E-state index is 12.5. The number of carbonyl (C=O) groups is 5. The molecular weight excluding hydrogens is 969 g/mol. The number of anilines is 2. The van der Waals surface area contributed by atoms with Crippen LogP contribution in [0.1, 0.15) is 98.5 Å². The molecule has 0 saturated carbocycles. The summed E-state index contributed by atoms with van der Waals surface area (Å²) < 4.78 is 37.9. The average molecular weight is 1020 g/mol. The Hall–Kier alpha value is -8.17. The van der Waals surface area contributed by atoms with Crippen LogP contribution in [-0.4, -0.2) is 146 Å². The Bertz CT molecular complexity index is 3130. The highest BCUT2D eigenvalue weighted by Gasteiger charge is 2.56. The summed E-state index contributed by atoms with van der Waals surface area (Å²) in [5.74, 6) is -2.62. The van der Waals surface area contributed by atoms with Crippen LogP contribution in [0, 0.1) is 0 Å². The summed E-state index contributed by atoms with van der Waals surface area (Å²) in [4.78, 5) is 80.7. The molecule has 0 spiro atoms. The largest absolute Gasteiger partial charge is 0.478 e. The van der Waals surface area contributed by atoms with Crippen molar-refractivity contribution in [1.29, 1.82) is 0 Å². The van der Waals surface area contributed by atoms with Crippen LogP contribution in [0.15, 0.2) is 98.1 Å². The normalized spacial score (nSPS) is 22.1. The molecule has 8 N–H and O–H groups in total. The van der Waals surface area contributed by atoms with Crippen LogP contribution in [0.4, 0.5) is 11.6 Å². The second-order valence-corrected chi connectivity index (χ2v) is 16.7. The number of aldehydes is 2. The highest BCUT2D eigenvalue weighted by atomic mass is 16.8. The quantitative estimate of drug-likeness (QED) is 0.0755. The summed E-state index contributed by atoms with van der Waals surface area (Å²) in [6, 6.07) is 18.5. The van der Waals surface area contributed by atoms with Crippen LogP contribution in [0.2, 0.25) is 0 Å². The van der Waals surface area contributed by atoms with E-state index < -0.39 is 72.8 Å². The molecule has 8 atom stereocenters. The lowest BCUT2D eigenvalue weighted by Gasteiger charge is -2.24. The molecule has 390 valence electrons. The van der Waals surface area contributed by atoms with Crippen molar-refractivity contribution >= 4 is 64.4 Å². The molecule has 3 saturated heterocycles. The van der Waals surface area contributed by atoms with Gasteiger partial charge in [-0.05, 0) is 55.8 Å². The van der Waals surface area contributed by atoms with Crippen molar-refractivity contribution in [2.45, 2.75) is 90.2 Å². The Morgan fingerprint density at radius 1 is 0.662 bits per heavy atom. The molecule has 3 aliphatic rings. The number of aromatic carboxylic acids is 1. The molecule has 0 bridgehead atoms. The Labute approximate surface area is 421 Å². The van der Waals surface area contributed by atoms with Crippen molar-refractivity contribution in [3.63, 3.8) is 0 Å². The van der Waals surface area contributed by atoms with Gasteiger partial charge in [0.1, 0.15) is 86.1 Å². The van der Waals surface area contributed by atoms with E-state index in [0.29, 0.717) is 57.2 Å². The number of hydrogen-bond acceptors (Lipinski definition) is 22. The van der Waals surface area contributed by atoms with Gasteiger partial charge in [0, 0.05) is 11.1 Å². The van der Waals surface area contributed by atoms with E-state index in [1.54, 1.807) is 53.4 Å². The number of aromatic nitrogens is 8. The van der Waals surface area contributed by atoms with Gasteiger partial charge in [-0.25, -0.2) is 44.3 Å². The molecule has 3 fully saturated rings. The summed E-state index contributed by atoms with van der Waals surface area (Å²) >= 11 is 0. The number of ether oxygens (including phenoxy) is 6. The zero-order valence-electron chi connectivity index (χ0n) is 38.1. The minimum Gasteiger partial charge on any atom is -0.478 e. The highest BCUT2D eigenvalue weighted by molar-refractivity contribution is 5.92. The Morgan fingerprint density at radius 2 is 1.15 bits per heavy atom. The van der Waals surface area contributed by atoms with E-state index >= 15 is 0 Å². The predicted molar refractivity (Wildman–Crippen MR) is 260 cm³/mol. The third-order valence-corrected chi connectivity index (χ3v) is 11.4. The molecule has 25 nitrogen and oxygen atoms in total. The summed E-state index contributed by atoms with van der Waals surface area (Å²) in [5.41, 5.74) is 15.3. The number of carboxylic acids is 1. The van der Waals surface area contributed by atoms with E-state index in [1.807, 2.05) is 13.8 Å². The fourth-order valence-corrected chi connectivity index (χ4v) is 7.99. The van der Waals surface area contributed by atoms with Crippen molar-refractivity contribution in [3.8, 4) is 0 Å². The van der Waals surface area contributed by atoms with Crippen molar-refractivity contribution in [1.82, 2.24) is 39.0 Å². The molecule has 10 rings (SSSR count). The number of imidazole rings is 2. The first-order chi connectivity index (χ1) is 34.6. The standard InChI is InChI=1S/C21H23N5O6.C18H17N5O6.C8H6O3.2CH4/c1-21(2)31-15-13(8-29-20(28)12-5-3-4-11(6-12)7-27)30-19(16(15)32-21)26-10-25-14-17(22)23-9-24-18(14)26;19-15-12-16(21-7-20-15)23(8-22-12)17-14(26)13(25)11(29-17)6-28-18(27)10-3-1-2-9(4-10)5-24;9-5-6-2-1-3-7(4-6)8(10)11;;/h3-6,9-10,13,15-16,19,27H,7-8H2,1-2H3,(H2,22,23,24);1-5,7-8,11,13-14,17,25-26H,6H2,(H2,19,20,21);1-5H,(H,10,11);2*1H4/t13?,15-,16?,19-;11?,13-,14?,17-;;;/m11.../s1. The lowest BCUT2D eigenvalue weighted by molar-refractivity contribution is -0.199. The predicted octanol–water partition coefficient (Wildman–Crippen LogP) is 3.34. The number of carboxylic acid groups (broad SMARTS) is 1. The number of fused-ring (bicyclic) bond motifs is 3. The number of nitrogen functional groups attached to an aromatic ring is 2. The lowest BCUT2D eigenvalue weighted by atomic mass is 10.1. The van der Waals surface area contributed by atoms with Gasteiger partial charge in [-0.15, -0.1) is 0 Å². The van der Waals surface area contributed by atoms with Crippen molar-refractivity contribution in [2.24, 2.45) is 0 Å². The van der Waals surface area contributed by atoms with Gasteiger partial charge < -0.3 is 60.3 Å². The number of aliphatic hydroxyl groups excluding tert-OH is 3. The maximum atomic E-state index is 12.5. The van der Waals surface area contributed by atoms with E-state index in [9.17, 15) is 39.3 Å². The summed E-state index contributed by atoms with van der Waals surface area (Å²) in [5, 5.41) is 38.5. The molecule has 25 heteroatoms. The fraction of sp³-hybridized carbons (Fsp3) is 0.327. The van der Waals surface area contributed by atoms with Gasteiger partial charge in [-0.1, -0.05) is 51.3 Å². The Balaban J connectivity index is 0.000000197. The van der Waals surface area contributed by atoms with E-state index in [1.165, 1.54) is 53.9 Å². The number of carbonyl (C=O) groups excluding carboxylic acids is 4. The second-order valence-electron chi connectivity index (χ2n) is 16.7. The maximum Gasteiger partial charge on any atom is 0.338 e. The molecule has 0 radical (unpaired) electrons. The zero-order valence-corrected chi connectivity index (χ0v) is 38.1. The lowest BCUT2D eigenvalue weighted by Crippen LogP contribution is -2.34. The number of nitrogens with zero attached hydrogens (tertiary/aromatic N) is 8. The van der Waals surface area contributed by atoms with Gasteiger partial charge in [0.15, 0.2) is 41.2 Å². The summed E-state index contributed by atoms with van der Waals surface area (Å²) in [7, 11) is 0. The smallest absolute Gasteiger partial charge is 0.338 e. The van der Waals surface area contributed by atoms with Crippen molar-refractivity contribution < 1.29 is 72.8 Å². The fourth-order valence-electron chi connectivity index (χ4n) is 7.99. The van der Waals surface area contributed by atoms with Gasteiger partial charge in [0.2, 0.25) is 0 Å². The van der Waals surface area contributed by atoms with E-state index in [2.05, 4.69) is 29.9 Å². The third-order valence-electron chi connectivity index (χ3n) is 11.4. The average Bonchev–Trinajstić information content (AvgIpc) is 4.22. The first-order valence-corrected chi connectivity index (χ1v) is 21.9. The molecule has 0 amide bonds. The third kappa shape index (κ3) is 11.8. The molecule has 4 aromatic heterocycles. The van der Waals surface area contributed by atoms with E-state index in [0.717, 1.165) is 0 Å². The van der Waals surface area contributed by atoms with E-state index in [-0.39, 0.29) is 57.4 Å². The zero-order chi connectivity index (χ0) is 51.3. The number of hydrogen-bond donors (Lipinski definition) is 6. The molecule has 7 heterocycles. The Kier molecular flexibility index (Phi) is 17.6. The number of rotatable bonds is 12. The first-order valence-electron chi connectivity index (χ1n) is 21.9. The van der Waals surface area contributed by atoms with Crippen LogP contribution in [0.25, 0.3) is 22.3 Å². The monoisotopic (exact) mass is 1020 g/mol. The minimum absolute atomic E-state index is 0. The van der Waals surface area contributed by atoms with Crippen LogP contribution < -0.4 is 11.5 Å². The molecule has 3 aromatic carbocycles. The van der Waals surface area contributed by atoms with Gasteiger partial charge in [-0.3, -0.25) is 18.7 Å². The topological polar surface area (TPSA) is 361 Å². The molecule has 4 unspecified atom stereocenters. The van der Waals surface area contributed by atoms with Crippen molar-refractivity contribution in [3.05, 3.63) is 131 Å². The van der Waals surface area contributed by atoms with Gasteiger partial charge in [0.05, 0.1) is 36.0 Å². The highest BCUT2D eigenvalue weighted by Crippen LogP contribution is 2.44. The van der Waals surface area contributed by atoms with E-state index in [4.69, 9.17) is 45.0 Å². The molecule has 3 aliphatic heterocycles. The van der Waals surface area contributed by atoms with Crippen molar-refractivity contribution in [2.75, 3.05) is 24.7 Å². The molecule has 0 aliphatic carbocycles. The SMILES string of the molecule is C.C.CC1(C)OC2[C@H](O1)C(COC(=O)c1cccc(CO)c1)O[C@H]2n1cnc2c(N)ncnc21.Nc1ncnc2c1ncn2[C@@H]1OC(COC(=O)c2cccc(C=O)c2)[C@@H](O)C1O.O=Cc1cccc(C(=O)O)c1. The second kappa shape index (κ2) is 23.6. The van der Waals surface area contributed by atoms with Crippen LogP contribution in [0.3, 0.4) is 0 Å². The molecule has 7 aromatic rings. The number of nitrogens with two attached hydrogens (primary N) is 2. The number of aliphatic hydroxyl groups is 3. The van der Waals surface area contributed by atoms with Crippen LogP contribution >= 0.6 is 0 Å². The summed E-state index contributed by atoms with van der Waals surface area (Å²) in [6.07, 6.45) is 0.0425. The van der Waals surface area contributed by atoms with Gasteiger partial charge >= 0.3 is 17.9 Å².